The van der Waals surface area contributed by atoms with Crippen molar-refractivity contribution in [3.05, 3.63) is 60.3 Å². The summed E-state index contributed by atoms with van der Waals surface area (Å²) in [6, 6.07) is 15.9. The first kappa shape index (κ1) is 13.8. The van der Waals surface area contributed by atoms with Gasteiger partial charge in [-0.05, 0) is 30.7 Å². The number of nitrogens with one attached hydrogen (secondary N) is 2. The van der Waals surface area contributed by atoms with Crippen LogP contribution in [0.5, 0.6) is 0 Å². The summed E-state index contributed by atoms with van der Waals surface area (Å²) in [7, 11) is 0. The molecule has 21 heavy (non-hydrogen) atoms. The lowest BCUT2D eigenvalue weighted by Crippen LogP contribution is -2.13. The molecule has 0 atom stereocenters. The fourth-order valence-corrected chi connectivity index (χ4v) is 3.06. The van der Waals surface area contributed by atoms with Crippen molar-refractivity contribution >= 4 is 34.3 Å². The van der Waals surface area contributed by atoms with Gasteiger partial charge in [-0.25, -0.2) is 0 Å². The molecule has 2 N–H and O–H groups in total. The minimum absolute atomic E-state index is 0.0101. The predicted molar refractivity (Wildman–Crippen MR) is 88.8 cm³/mol. The molecule has 0 fully saturated rings. The summed E-state index contributed by atoms with van der Waals surface area (Å²) in [6.07, 6.45) is 1.95. The second-order valence-corrected chi connectivity index (χ2v) is 5.92. The zero-order valence-corrected chi connectivity index (χ0v) is 12.5. The van der Waals surface area contributed by atoms with Gasteiger partial charge in [-0.15, -0.1) is 11.8 Å². The largest absolute Gasteiger partial charge is 0.360 e. The Morgan fingerprint density at radius 3 is 2.90 bits per heavy atom. The van der Waals surface area contributed by atoms with E-state index in [0.717, 1.165) is 27.0 Å². The van der Waals surface area contributed by atoms with E-state index in [2.05, 4.69) is 16.4 Å². The average Bonchev–Trinajstić information content (AvgIpc) is 2.88. The fraction of sp³-hybridized carbons (Fsp3) is 0.118. The topological polar surface area (TPSA) is 44.9 Å². The zero-order valence-electron chi connectivity index (χ0n) is 11.7. The predicted octanol–water partition coefficient (Wildman–Crippen LogP) is 4.21. The molecule has 1 amide bonds. The van der Waals surface area contributed by atoms with Gasteiger partial charge in [0.2, 0.25) is 5.91 Å². The van der Waals surface area contributed by atoms with E-state index in [0.29, 0.717) is 5.75 Å². The zero-order chi connectivity index (χ0) is 14.7. The van der Waals surface area contributed by atoms with Gasteiger partial charge in [-0.1, -0.05) is 30.3 Å². The molecule has 0 unspecified atom stereocenters. The Balaban J connectivity index is 1.63. The molecule has 3 nitrogen and oxygen atoms in total. The molecular weight excluding hydrogens is 280 g/mol. The molecule has 3 rings (SSSR count). The first-order valence-electron chi connectivity index (χ1n) is 6.78. The van der Waals surface area contributed by atoms with Crippen molar-refractivity contribution < 1.29 is 4.79 Å². The van der Waals surface area contributed by atoms with Gasteiger partial charge < -0.3 is 10.3 Å². The number of aryl methyl sites for hydroxylation is 1. The summed E-state index contributed by atoms with van der Waals surface area (Å²) in [5, 5.41) is 4.08. The highest BCUT2D eigenvalue weighted by atomic mass is 32.2. The van der Waals surface area contributed by atoms with Crippen LogP contribution < -0.4 is 5.32 Å². The van der Waals surface area contributed by atoms with Crippen LogP contribution in [0, 0.1) is 6.92 Å². The Bertz CT molecular complexity index is 779. The second kappa shape index (κ2) is 6.06. The Morgan fingerprint density at radius 2 is 2.05 bits per heavy atom. The summed E-state index contributed by atoms with van der Waals surface area (Å²) < 4.78 is 0. The monoisotopic (exact) mass is 296 g/mol. The van der Waals surface area contributed by atoms with Crippen molar-refractivity contribution in [1.82, 2.24) is 4.98 Å². The lowest BCUT2D eigenvalue weighted by atomic mass is 10.2. The molecule has 3 aromatic rings. The first-order valence-corrected chi connectivity index (χ1v) is 7.76. The SMILES string of the molecule is Cc1cccc(NC(=O)CSc2c[nH]c3ccccc23)c1. The van der Waals surface area contributed by atoms with Crippen molar-refractivity contribution in [2.75, 3.05) is 11.1 Å². The van der Waals surface area contributed by atoms with Crippen molar-refractivity contribution in [2.24, 2.45) is 0 Å². The molecule has 106 valence electrons. The van der Waals surface area contributed by atoms with Crippen LogP contribution in [0.3, 0.4) is 0 Å². The summed E-state index contributed by atoms with van der Waals surface area (Å²) in [5.74, 6) is 0.409. The number of H-pyrrole nitrogens is 1. The molecule has 0 bridgehead atoms. The lowest BCUT2D eigenvalue weighted by molar-refractivity contribution is -0.113. The van der Waals surface area contributed by atoms with Crippen LogP contribution in [0.25, 0.3) is 10.9 Å². The Labute approximate surface area is 127 Å². The van der Waals surface area contributed by atoms with Crippen molar-refractivity contribution in [2.45, 2.75) is 11.8 Å². The summed E-state index contributed by atoms with van der Waals surface area (Å²) >= 11 is 1.54. The van der Waals surface area contributed by atoms with Gasteiger partial charge in [0, 0.05) is 27.7 Å². The van der Waals surface area contributed by atoms with Gasteiger partial charge in [0.15, 0.2) is 0 Å². The van der Waals surface area contributed by atoms with Crippen LogP contribution in [-0.4, -0.2) is 16.6 Å². The molecule has 0 radical (unpaired) electrons. The van der Waals surface area contributed by atoms with E-state index in [9.17, 15) is 4.79 Å². The van der Waals surface area contributed by atoms with Crippen molar-refractivity contribution in [1.29, 1.82) is 0 Å². The highest BCUT2D eigenvalue weighted by molar-refractivity contribution is 8.00. The Morgan fingerprint density at radius 1 is 1.19 bits per heavy atom. The number of thioether (sulfide) groups is 1. The fourth-order valence-electron chi connectivity index (χ4n) is 2.23. The number of aromatic nitrogens is 1. The van der Waals surface area contributed by atoms with Gasteiger partial charge in [0.05, 0.1) is 5.75 Å². The molecular formula is C17H16N2OS. The van der Waals surface area contributed by atoms with E-state index in [1.54, 1.807) is 11.8 Å². The van der Waals surface area contributed by atoms with E-state index in [1.807, 2.05) is 55.6 Å². The number of carbonyl (C=O) groups excluding carboxylic acids is 1. The van der Waals surface area contributed by atoms with Crippen LogP contribution in [0.4, 0.5) is 5.69 Å². The number of para-hydroxylation sites is 1. The van der Waals surface area contributed by atoms with Crippen molar-refractivity contribution in [3.63, 3.8) is 0 Å². The number of aromatic amines is 1. The standard InChI is InChI=1S/C17H16N2OS/c1-12-5-4-6-13(9-12)19-17(20)11-21-16-10-18-15-8-3-2-7-14(15)16/h2-10,18H,11H2,1H3,(H,19,20). The van der Waals surface area contributed by atoms with E-state index < -0.39 is 0 Å². The van der Waals surface area contributed by atoms with Gasteiger partial charge in [-0.3, -0.25) is 4.79 Å². The molecule has 4 heteroatoms. The van der Waals surface area contributed by atoms with Crippen LogP contribution in [-0.2, 0) is 4.79 Å². The Hall–Kier alpha value is -2.20. The number of fused-ring (bicyclic) bond motifs is 1. The van der Waals surface area contributed by atoms with Crippen LogP contribution in [0.1, 0.15) is 5.56 Å². The van der Waals surface area contributed by atoms with E-state index >= 15 is 0 Å². The van der Waals surface area contributed by atoms with E-state index in [4.69, 9.17) is 0 Å². The minimum Gasteiger partial charge on any atom is -0.360 e. The maximum atomic E-state index is 12.0. The van der Waals surface area contributed by atoms with Gasteiger partial charge in [-0.2, -0.15) is 0 Å². The third-order valence-corrected chi connectivity index (χ3v) is 4.27. The average molecular weight is 296 g/mol. The minimum atomic E-state index is 0.0101. The molecule has 0 aliphatic heterocycles. The number of hydrogen-bond acceptors (Lipinski definition) is 2. The van der Waals surface area contributed by atoms with Crippen LogP contribution in [0.15, 0.2) is 59.6 Å². The van der Waals surface area contributed by atoms with E-state index in [1.165, 1.54) is 0 Å². The molecule has 0 aliphatic rings. The number of carbonyl (C=O) groups is 1. The second-order valence-electron chi connectivity index (χ2n) is 4.90. The third-order valence-electron chi connectivity index (χ3n) is 3.21. The number of rotatable bonds is 4. The van der Waals surface area contributed by atoms with Gasteiger partial charge in [0.25, 0.3) is 0 Å². The van der Waals surface area contributed by atoms with Crippen LogP contribution >= 0.6 is 11.8 Å². The van der Waals surface area contributed by atoms with E-state index in [-0.39, 0.29) is 5.91 Å². The molecule has 1 aromatic heterocycles. The lowest BCUT2D eigenvalue weighted by Gasteiger charge is -2.05. The smallest absolute Gasteiger partial charge is 0.234 e. The normalized spacial score (nSPS) is 10.7. The number of amides is 1. The number of anilines is 1. The maximum Gasteiger partial charge on any atom is 0.234 e. The highest BCUT2D eigenvalue weighted by Gasteiger charge is 2.07. The number of benzene rings is 2. The summed E-state index contributed by atoms with van der Waals surface area (Å²) in [6.45, 7) is 2.01. The molecule has 0 saturated heterocycles. The quantitative estimate of drug-likeness (QED) is 0.708. The summed E-state index contributed by atoms with van der Waals surface area (Å²) in [5.41, 5.74) is 3.08. The molecule has 0 aliphatic carbocycles. The van der Waals surface area contributed by atoms with Crippen LogP contribution in [0.2, 0.25) is 0 Å². The first-order chi connectivity index (χ1) is 10.2. The molecule has 0 saturated carbocycles. The van der Waals surface area contributed by atoms with Crippen molar-refractivity contribution in [3.8, 4) is 0 Å². The molecule has 0 spiro atoms. The third kappa shape index (κ3) is 3.28. The molecule has 2 aromatic carbocycles. The Kier molecular flexibility index (Phi) is 3.97. The summed E-state index contributed by atoms with van der Waals surface area (Å²) in [4.78, 5) is 16.3. The van der Waals surface area contributed by atoms with Gasteiger partial charge >= 0.3 is 0 Å². The van der Waals surface area contributed by atoms with Gasteiger partial charge in [0.1, 0.15) is 0 Å². The molecule has 1 heterocycles. The maximum absolute atomic E-state index is 12.0. The number of hydrogen-bond donors (Lipinski definition) is 2. The highest BCUT2D eigenvalue weighted by Crippen LogP contribution is 2.27.